The number of nitrogens with two attached hydrogens (primary N) is 1. The first-order valence-electron chi connectivity index (χ1n) is 6.37. The Kier molecular flexibility index (Phi) is 4.47. The molecule has 112 valence electrons. The highest BCUT2D eigenvalue weighted by molar-refractivity contribution is 5.68. The highest BCUT2D eigenvalue weighted by atomic mass is 19.1. The maximum absolute atomic E-state index is 13.8. The number of halogens is 2. The van der Waals surface area contributed by atoms with Gasteiger partial charge in [0.25, 0.3) is 0 Å². The molecule has 3 N–H and O–H groups in total. The lowest BCUT2D eigenvalue weighted by Crippen LogP contribution is -2.00. The molecule has 0 fully saturated rings. The van der Waals surface area contributed by atoms with Gasteiger partial charge in [-0.2, -0.15) is 0 Å². The summed E-state index contributed by atoms with van der Waals surface area (Å²) in [6.45, 7) is 2.13. The highest BCUT2D eigenvalue weighted by Gasteiger charge is 2.10. The average molecular weight is 294 g/mol. The smallest absolute Gasteiger partial charge is 0.167 e. The van der Waals surface area contributed by atoms with Gasteiger partial charge in [-0.25, -0.2) is 8.78 Å². The van der Waals surface area contributed by atoms with E-state index in [1.54, 1.807) is 13.0 Å². The summed E-state index contributed by atoms with van der Waals surface area (Å²) in [5.41, 5.74) is 6.33. The number of anilines is 3. The molecule has 4 nitrogen and oxygen atoms in total. The van der Waals surface area contributed by atoms with Crippen LogP contribution in [0, 0.1) is 11.6 Å². The maximum atomic E-state index is 13.8. The molecule has 0 aliphatic rings. The molecule has 0 saturated carbocycles. The van der Waals surface area contributed by atoms with Gasteiger partial charge in [0.2, 0.25) is 0 Å². The Hall–Kier alpha value is -2.50. The van der Waals surface area contributed by atoms with Gasteiger partial charge in [-0.15, -0.1) is 0 Å². The molecule has 21 heavy (non-hydrogen) atoms. The van der Waals surface area contributed by atoms with Gasteiger partial charge in [0.15, 0.2) is 11.6 Å². The van der Waals surface area contributed by atoms with E-state index in [-0.39, 0.29) is 17.1 Å². The van der Waals surface area contributed by atoms with Crippen LogP contribution >= 0.6 is 0 Å². The van der Waals surface area contributed by atoms with Gasteiger partial charge >= 0.3 is 0 Å². The molecule has 2 rings (SSSR count). The SMILES string of the molecule is CCOc1ccc(Nc2cc(OC)c(N)cc2F)cc1F. The van der Waals surface area contributed by atoms with E-state index in [1.165, 1.54) is 25.3 Å². The van der Waals surface area contributed by atoms with E-state index in [4.69, 9.17) is 15.2 Å². The Morgan fingerprint density at radius 2 is 1.86 bits per heavy atom. The standard InChI is InChI=1S/C15H16F2N2O2/c1-3-21-14-5-4-9(6-11(14)17)19-13-8-15(20-2)12(18)7-10(13)16/h4-8,19H,3,18H2,1-2H3. The molecule has 0 atom stereocenters. The fourth-order valence-electron chi connectivity index (χ4n) is 1.85. The summed E-state index contributed by atoms with van der Waals surface area (Å²) in [7, 11) is 1.43. The molecule has 0 saturated heterocycles. The fourth-order valence-corrected chi connectivity index (χ4v) is 1.85. The van der Waals surface area contributed by atoms with Crippen molar-refractivity contribution >= 4 is 17.1 Å². The number of benzene rings is 2. The highest BCUT2D eigenvalue weighted by Crippen LogP contribution is 2.31. The van der Waals surface area contributed by atoms with E-state index < -0.39 is 11.6 Å². The van der Waals surface area contributed by atoms with Crippen molar-refractivity contribution in [2.75, 3.05) is 24.8 Å². The van der Waals surface area contributed by atoms with E-state index >= 15 is 0 Å². The Morgan fingerprint density at radius 3 is 2.48 bits per heavy atom. The third-order valence-corrected chi connectivity index (χ3v) is 2.83. The van der Waals surface area contributed by atoms with Gasteiger partial charge in [0.1, 0.15) is 11.6 Å². The summed E-state index contributed by atoms with van der Waals surface area (Å²) in [5, 5.41) is 2.78. The number of nitrogen functional groups attached to an aromatic ring is 1. The summed E-state index contributed by atoms with van der Waals surface area (Å²) in [6, 6.07) is 6.86. The number of ether oxygens (including phenoxy) is 2. The first-order valence-corrected chi connectivity index (χ1v) is 6.37. The zero-order valence-corrected chi connectivity index (χ0v) is 11.7. The van der Waals surface area contributed by atoms with Gasteiger partial charge < -0.3 is 20.5 Å². The third kappa shape index (κ3) is 3.34. The molecular weight excluding hydrogens is 278 g/mol. The Morgan fingerprint density at radius 1 is 1.10 bits per heavy atom. The van der Waals surface area contributed by atoms with Crippen molar-refractivity contribution in [2.45, 2.75) is 6.92 Å². The second kappa shape index (κ2) is 6.30. The van der Waals surface area contributed by atoms with Crippen LogP contribution < -0.4 is 20.5 Å². The number of hydrogen-bond donors (Lipinski definition) is 2. The largest absolute Gasteiger partial charge is 0.495 e. The Labute approximate surface area is 121 Å². The predicted octanol–water partition coefficient (Wildman–Crippen LogP) is 3.70. The Bertz CT molecular complexity index is 648. The molecule has 0 bridgehead atoms. The van der Waals surface area contributed by atoms with Gasteiger partial charge in [0.05, 0.1) is 25.1 Å². The average Bonchev–Trinajstić information content (AvgIpc) is 2.45. The van der Waals surface area contributed by atoms with Crippen LogP contribution in [0.1, 0.15) is 6.92 Å². The second-order valence-corrected chi connectivity index (χ2v) is 4.28. The van der Waals surface area contributed by atoms with Gasteiger partial charge in [-0.1, -0.05) is 0 Å². The van der Waals surface area contributed by atoms with E-state index in [1.807, 2.05) is 0 Å². The maximum Gasteiger partial charge on any atom is 0.167 e. The normalized spacial score (nSPS) is 10.3. The first-order chi connectivity index (χ1) is 10.0. The number of rotatable bonds is 5. The van der Waals surface area contributed by atoms with E-state index in [0.29, 0.717) is 18.0 Å². The quantitative estimate of drug-likeness (QED) is 0.826. The molecule has 2 aromatic carbocycles. The zero-order valence-electron chi connectivity index (χ0n) is 11.7. The summed E-state index contributed by atoms with van der Waals surface area (Å²) in [5.74, 6) is -0.587. The van der Waals surface area contributed by atoms with Crippen molar-refractivity contribution in [3.8, 4) is 11.5 Å². The van der Waals surface area contributed by atoms with Crippen LogP contribution in [0.2, 0.25) is 0 Å². The van der Waals surface area contributed by atoms with Crippen molar-refractivity contribution in [3.05, 3.63) is 42.0 Å². The van der Waals surface area contributed by atoms with Gasteiger partial charge in [-0.3, -0.25) is 0 Å². The molecule has 2 aromatic rings. The summed E-state index contributed by atoms with van der Waals surface area (Å²) >= 11 is 0. The Balaban J connectivity index is 2.28. The van der Waals surface area contributed by atoms with Crippen LogP contribution in [0.4, 0.5) is 25.8 Å². The van der Waals surface area contributed by atoms with Crippen LogP contribution in [0.3, 0.4) is 0 Å². The zero-order chi connectivity index (χ0) is 15.4. The first kappa shape index (κ1) is 14.9. The van der Waals surface area contributed by atoms with E-state index in [9.17, 15) is 8.78 Å². The van der Waals surface area contributed by atoms with Crippen LogP contribution in [0.15, 0.2) is 30.3 Å². The molecule has 0 unspecified atom stereocenters. The van der Waals surface area contributed by atoms with Gasteiger partial charge in [-0.05, 0) is 19.1 Å². The summed E-state index contributed by atoms with van der Waals surface area (Å²) < 4.78 is 37.7. The summed E-state index contributed by atoms with van der Waals surface area (Å²) in [6.07, 6.45) is 0. The molecule has 0 amide bonds. The monoisotopic (exact) mass is 294 g/mol. The number of methoxy groups -OCH3 is 1. The van der Waals surface area contributed by atoms with Gasteiger partial charge in [0, 0.05) is 23.9 Å². The molecule has 6 heteroatoms. The third-order valence-electron chi connectivity index (χ3n) is 2.83. The minimum absolute atomic E-state index is 0.143. The lowest BCUT2D eigenvalue weighted by molar-refractivity contribution is 0.321. The minimum atomic E-state index is -0.553. The molecule has 0 spiro atoms. The predicted molar refractivity (Wildman–Crippen MR) is 78.2 cm³/mol. The van der Waals surface area contributed by atoms with E-state index in [0.717, 1.165) is 6.07 Å². The number of hydrogen-bond acceptors (Lipinski definition) is 4. The molecule has 0 heterocycles. The van der Waals surface area contributed by atoms with Crippen molar-refractivity contribution in [3.63, 3.8) is 0 Å². The van der Waals surface area contributed by atoms with Crippen molar-refractivity contribution in [2.24, 2.45) is 0 Å². The second-order valence-electron chi connectivity index (χ2n) is 4.28. The van der Waals surface area contributed by atoms with Crippen molar-refractivity contribution < 1.29 is 18.3 Å². The molecular formula is C15H16F2N2O2. The van der Waals surface area contributed by atoms with Crippen molar-refractivity contribution in [1.82, 2.24) is 0 Å². The molecule has 0 aliphatic carbocycles. The lowest BCUT2D eigenvalue weighted by Gasteiger charge is -2.12. The minimum Gasteiger partial charge on any atom is -0.495 e. The lowest BCUT2D eigenvalue weighted by atomic mass is 10.2. The van der Waals surface area contributed by atoms with Crippen molar-refractivity contribution in [1.29, 1.82) is 0 Å². The van der Waals surface area contributed by atoms with Crippen LogP contribution in [0.5, 0.6) is 11.5 Å². The molecule has 0 aliphatic heterocycles. The van der Waals surface area contributed by atoms with Crippen LogP contribution in [-0.4, -0.2) is 13.7 Å². The van der Waals surface area contributed by atoms with E-state index in [2.05, 4.69) is 5.32 Å². The summed E-state index contributed by atoms with van der Waals surface area (Å²) in [4.78, 5) is 0. The number of nitrogens with one attached hydrogen (secondary N) is 1. The topological polar surface area (TPSA) is 56.5 Å². The molecule has 0 radical (unpaired) electrons. The van der Waals surface area contributed by atoms with Crippen LogP contribution in [0.25, 0.3) is 0 Å². The fraction of sp³-hybridized carbons (Fsp3) is 0.200. The van der Waals surface area contributed by atoms with Crippen LogP contribution in [-0.2, 0) is 0 Å². The molecule has 0 aromatic heterocycles.